The first kappa shape index (κ1) is 12.1. The van der Waals surface area contributed by atoms with Gasteiger partial charge < -0.3 is 4.57 Å². The summed E-state index contributed by atoms with van der Waals surface area (Å²) in [5.41, 5.74) is 5.11. The summed E-state index contributed by atoms with van der Waals surface area (Å²) in [6.45, 7) is 6.05. The van der Waals surface area contributed by atoms with Crippen LogP contribution in [0.1, 0.15) is 27.3 Å². The fourth-order valence-corrected chi connectivity index (χ4v) is 2.45. The molecule has 0 unspecified atom stereocenters. The van der Waals surface area contributed by atoms with Crippen molar-refractivity contribution in [2.75, 3.05) is 0 Å². The highest BCUT2D eigenvalue weighted by Gasteiger charge is 2.11. The molecule has 2 aromatic rings. The van der Waals surface area contributed by atoms with Gasteiger partial charge in [-0.25, -0.2) is 0 Å². The third-order valence-electron chi connectivity index (χ3n) is 3.01. The Labute approximate surface area is 109 Å². The molecule has 1 aromatic heterocycles. The van der Waals surface area contributed by atoms with Crippen LogP contribution in [0.5, 0.6) is 0 Å². The van der Waals surface area contributed by atoms with Crippen LogP contribution in [0.25, 0.3) is 5.69 Å². The first-order chi connectivity index (χ1) is 8.04. The lowest BCUT2D eigenvalue weighted by molar-refractivity contribution is 0.112. The fourth-order valence-electron chi connectivity index (χ4n) is 2.10. The first-order valence-corrected chi connectivity index (χ1v) is 6.24. The Kier molecular flexibility index (Phi) is 3.20. The molecule has 0 saturated carbocycles. The molecule has 88 valence electrons. The number of carbonyl (C=O) groups is 1. The Hall–Kier alpha value is -1.35. The van der Waals surface area contributed by atoms with Crippen molar-refractivity contribution in [3.05, 3.63) is 51.3 Å². The van der Waals surface area contributed by atoms with E-state index in [-0.39, 0.29) is 0 Å². The highest BCUT2D eigenvalue weighted by Crippen LogP contribution is 2.25. The molecule has 2 rings (SSSR count). The molecule has 0 fully saturated rings. The van der Waals surface area contributed by atoms with E-state index in [0.717, 1.165) is 33.4 Å². The Bertz CT molecular complexity index is 584. The van der Waals surface area contributed by atoms with Gasteiger partial charge in [0.1, 0.15) is 0 Å². The van der Waals surface area contributed by atoms with Gasteiger partial charge in [0.25, 0.3) is 0 Å². The first-order valence-electron chi connectivity index (χ1n) is 5.45. The molecule has 0 saturated heterocycles. The van der Waals surface area contributed by atoms with Gasteiger partial charge in [-0.1, -0.05) is 22.0 Å². The van der Waals surface area contributed by atoms with E-state index in [2.05, 4.69) is 39.6 Å². The molecule has 0 aliphatic rings. The molecule has 17 heavy (non-hydrogen) atoms. The fraction of sp³-hybridized carbons (Fsp3) is 0.214. The van der Waals surface area contributed by atoms with E-state index in [1.54, 1.807) is 0 Å². The average Bonchev–Trinajstić information content (AvgIpc) is 2.58. The number of aromatic nitrogens is 1. The van der Waals surface area contributed by atoms with E-state index in [1.165, 1.54) is 5.56 Å². The highest BCUT2D eigenvalue weighted by molar-refractivity contribution is 9.10. The van der Waals surface area contributed by atoms with Crippen molar-refractivity contribution in [2.45, 2.75) is 20.8 Å². The van der Waals surface area contributed by atoms with Gasteiger partial charge in [0.05, 0.1) is 0 Å². The van der Waals surface area contributed by atoms with Gasteiger partial charge in [-0.2, -0.15) is 0 Å². The molecule has 1 aromatic carbocycles. The molecule has 0 spiro atoms. The minimum Gasteiger partial charge on any atom is -0.317 e. The van der Waals surface area contributed by atoms with Crippen LogP contribution in [0.4, 0.5) is 0 Å². The Morgan fingerprint density at radius 2 is 1.88 bits per heavy atom. The van der Waals surface area contributed by atoms with Gasteiger partial charge in [-0.3, -0.25) is 4.79 Å². The van der Waals surface area contributed by atoms with E-state index in [0.29, 0.717) is 0 Å². The number of hydrogen-bond acceptors (Lipinski definition) is 1. The molecule has 0 amide bonds. The van der Waals surface area contributed by atoms with Gasteiger partial charge in [-0.05, 0) is 44.5 Å². The van der Waals surface area contributed by atoms with E-state index in [4.69, 9.17) is 0 Å². The summed E-state index contributed by atoms with van der Waals surface area (Å²) in [7, 11) is 0. The van der Waals surface area contributed by atoms with Crippen molar-refractivity contribution < 1.29 is 4.79 Å². The SMILES string of the molecule is Cc1ccc(Br)cc1-n1c(C)cc(C=O)c1C. The van der Waals surface area contributed by atoms with Crippen LogP contribution in [0.2, 0.25) is 0 Å². The van der Waals surface area contributed by atoms with Gasteiger partial charge in [0.2, 0.25) is 0 Å². The summed E-state index contributed by atoms with van der Waals surface area (Å²) in [6, 6.07) is 8.08. The molecule has 3 heteroatoms. The molecule has 0 bridgehead atoms. The Morgan fingerprint density at radius 3 is 2.47 bits per heavy atom. The smallest absolute Gasteiger partial charge is 0.151 e. The predicted molar refractivity (Wildman–Crippen MR) is 73.1 cm³/mol. The average molecular weight is 292 g/mol. The van der Waals surface area contributed by atoms with Crippen LogP contribution in [0.15, 0.2) is 28.7 Å². The van der Waals surface area contributed by atoms with E-state index >= 15 is 0 Å². The Balaban J connectivity index is 2.72. The van der Waals surface area contributed by atoms with E-state index < -0.39 is 0 Å². The molecule has 0 aliphatic carbocycles. The maximum Gasteiger partial charge on any atom is 0.151 e. The second-order valence-corrected chi connectivity index (χ2v) is 5.13. The van der Waals surface area contributed by atoms with Crippen LogP contribution >= 0.6 is 15.9 Å². The summed E-state index contributed by atoms with van der Waals surface area (Å²) < 4.78 is 3.15. The lowest BCUT2D eigenvalue weighted by atomic mass is 10.2. The summed E-state index contributed by atoms with van der Waals surface area (Å²) >= 11 is 3.48. The van der Waals surface area contributed by atoms with Crippen LogP contribution in [-0.2, 0) is 0 Å². The van der Waals surface area contributed by atoms with Crippen molar-refractivity contribution in [1.29, 1.82) is 0 Å². The molecule has 0 radical (unpaired) electrons. The number of hydrogen-bond donors (Lipinski definition) is 0. The molecule has 0 aliphatic heterocycles. The normalized spacial score (nSPS) is 10.6. The zero-order valence-electron chi connectivity index (χ0n) is 10.1. The second-order valence-electron chi connectivity index (χ2n) is 4.21. The van der Waals surface area contributed by atoms with Crippen molar-refractivity contribution >= 4 is 22.2 Å². The summed E-state index contributed by atoms with van der Waals surface area (Å²) in [5.74, 6) is 0. The minimum atomic E-state index is 0.752. The monoisotopic (exact) mass is 291 g/mol. The summed E-state index contributed by atoms with van der Waals surface area (Å²) in [4.78, 5) is 11.0. The molecule has 1 heterocycles. The number of halogens is 1. The van der Waals surface area contributed by atoms with Crippen LogP contribution in [0.3, 0.4) is 0 Å². The number of rotatable bonds is 2. The lowest BCUT2D eigenvalue weighted by Crippen LogP contribution is -2.01. The number of carbonyl (C=O) groups excluding carboxylic acids is 1. The quantitative estimate of drug-likeness (QED) is 0.767. The molecule has 2 nitrogen and oxygen atoms in total. The maximum atomic E-state index is 11.0. The van der Waals surface area contributed by atoms with E-state index in [9.17, 15) is 4.79 Å². The number of benzene rings is 1. The standard InChI is InChI=1S/C14H14BrNO/c1-9-4-5-13(15)7-14(9)16-10(2)6-12(8-17)11(16)3/h4-8H,1-3H3. The van der Waals surface area contributed by atoms with E-state index in [1.807, 2.05) is 26.0 Å². The summed E-state index contributed by atoms with van der Waals surface area (Å²) in [6.07, 6.45) is 0.909. The molecule has 0 atom stereocenters. The van der Waals surface area contributed by atoms with Crippen molar-refractivity contribution in [3.63, 3.8) is 0 Å². The third-order valence-corrected chi connectivity index (χ3v) is 3.50. The van der Waals surface area contributed by atoms with Gasteiger partial charge in [0, 0.05) is 27.1 Å². The molecule has 0 N–H and O–H groups in total. The molecular formula is C14H14BrNO. The zero-order chi connectivity index (χ0) is 12.6. The number of aldehydes is 1. The molecular weight excluding hydrogens is 278 g/mol. The Morgan fingerprint density at radius 1 is 1.18 bits per heavy atom. The van der Waals surface area contributed by atoms with Crippen molar-refractivity contribution in [2.24, 2.45) is 0 Å². The van der Waals surface area contributed by atoms with Crippen LogP contribution < -0.4 is 0 Å². The van der Waals surface area contributed by atoms with Crippen LogP contribution in [-0.4, -0.2) is 10.9 Å². The van der Waals surface area contributed by atoms with Crippen molar-refractivity contribution in [3.8, 4) is 5.69 Å². The van der Waals surface area contributed by atoms with Gasteiger partial charge >= 0.3 is 0 Å². The minimum absolute atomic E-state index is 0.752. The van der Waals surface area contributed by atoms with Crippen molar-refractivity contribution in [1.82, 2.24) is 4.57 Å². The largest absolute Gasteiger partial charge is 0.317 e. The second kappa shape index (κ2) is 4.49. The van der Waals surface area contributed by atoms with Gasteiger partial charge in [-0.15, -0.1) is 0 Å². The maximum absolute atomic E-state index is 11.0. The van der Waals surface area contributed by atoms with Crippen LogP contribution in [0, 0.1) is 20.8 Å². The third kappa shape index (κ3) is 2.07. The number of nitrogens with zero attached hydrogens (tertiary/aromatic N) is 1. The lowest BCUT2D eigenvalue weighted by Gasteiger charge is -2.13. The van der Waals surface area contributed by atoms with Gasteiger partial charge in [0.15, 0.2) is 6.29 Å². The highest BCUT2D eigenvalue weighted by atomic mass is 79.9. The topological polar surface area (TPSA) is 22.0 Å². The zero-order valence-corrected chi connectivity index (χ0v) is 11.7. The predicted octanol–water partition coefficient (Wildman–Crippen LogP) is 3.98. The number of aryl methyl sites for hydroxylation is 2. The summed E-state index contributed by atoms with van der Waals surface area (Å²) in [5, 5.41) is 0.